The van der Waals surface area contributed by atoms with Gasteiger partial charge >= 0.3 is 0 Å². The number of ether oxygens (including phenoxy) is 2. The molecule has 1 N–H and O–H groups in total. The van der Waals surface area contributed by atoms with Crippen molar-refractivity contribution in [2.75, 3.05) is 26.4 Å². The zero-order valence-corrected chi connectivity index (χ0v) is 14.1. The molecule has 0 bridgehead atoms. The lowest BCUT2D eigenvalue weighted by atomic mass is 10.2. The Morgan fingerprint density at radius 3 is 2.76 bits per heavy atom. The SMILES string of the molecule is CCCCOCCOc1ccc(Cl)c(CNCC(C)C)n1. The van der Waals surface area contributed by atoms with Crippen LogP contribution in [0.4, 0.5) is 0 Å². The van der Waals surface area contributed by atoms with E-state index in [1.807, 2.05) is 6.07 Å². The van der Waals surface area contributed by atoms with E-state index in [4.69, 9.17) is 21.1 Å². The molecule has 120 valence electrons. The molecule has 0 radical (unpaired) electrons. The summed E-state index contributed by atoms with van der Waals surface area (Å²) in [6.07, 6.45) is 2.23. The maximum Gasteiger partial charge on any atom is 0.213 e. The minimum Gasteiger partial charge on any atom is -0.475 e. The molecule has 0 spiro atoms. The summed E-state index contributed by atoms with van der Waals surface area (Å²) in [5.41, 5.74) is 0.821. The van der Waals surface area contributed by atoms with Gasteiger partial charge in [-0.3, -0.25) is 0 Å². The number of unbranched alkanes of at least 4 members (excludes halogenated alkanes) is 1. The van der Waals surface area contributed by atoms with E-state index in [2.05, 4.69) is 31.1 Å². The average Bonchev–Trinajstić information content (AvgIpc) is 2.45. The first-order chi connectivity index (χ1) is 10.1. The van der Waals surface area contributed by atoms with Crippen molar-refractivity contribution in [2.24, 2.45) is 5.92 Å². The lowest BCUT2D eigenvalue weighted by Crippen LogP contribution is -2.20. The first-order valence-corrected chi connectivity index (χ1v) is 8.08. The molecule has 0 amide bonds. The quantitative estimate of drug-likeness (QED) is 0.633. The summed E-state index contributed by atoms with van der Waals surface area (Å²) in [5, 5.41) is 4.00. The third-order valence-electron chi connectivity index (χ3n) is 2.86. The van der Waals surface area contributed by atoms with Crippen LogP contribution in [0.5, 0.6) is 5.88 Å². The van der Waals surface area contributed by atoms with Crippen molar-refractivity contribution in [3.05, 3.63) is 22.8 Å². The Balaban J connectivity index is 2.34. The van der Waals surface area contributed by atoms with Gasteiger partial charge in [0.1, 0.15) is 6.61 Å². The van der Waals surface area contributed by atoms with Gasteiger partial charge in [-0.25, -0.2) is 4.98 Å². The van der Waals surface area contributed by atoms with Crippen molar-refractivity contribution in [3.63, 3.8) is 0 Å². The Morgan fingerprint density at radius 2 is 2.05 bits per heavy atom. The van der Waals surface area contributed by atoms with E-state index >= 15 is 0 Å². The van der Waals surface area contributed by atoms with E-state index in [1.54, 1.807) is 6.07 Å². The van der Waals surface area contributed by atoms with Gasteiger partial charge in [-0.1, -0.05) is 38.8 Å². The number of hydrogen-bond donors (Lipinski definition) is 1. The van der Waals surface area contributed by atoms with E-state index in [9.17, 15) is 0 Å². The van der Waals surface area contributed by atoms with Gasteiger partial charge in [0.05, 0.1) is 17.3 Å². The molecule has 0 saturated heterocycles. The fourth-order valence-corrected chi connectivity index (χ4v) is 1.87. The first kappa shape index (κ1) is 18.2. The first-order valence-electron chi connectivity index (χ1n) is 7.70. The van der Waals surface area contributed by atoms with Gasteiger partial charge in [0.25, 0.3) is 0 Å². The Labute approximate surface area is 133 Å². The van der Waals surface area contributed by atoms with Crippen molar-refractivity contribution in [1.29, 1.82) is 0 Å². The molecule has 0 unspecified atom stereocenters. The lowest BCUT2D eigenvalue weighted by Gasteiger charge is -2.11. The monoisotopic (exact) mass is 314 g/mol. The van der Waals surface area contributed by atoms with Gasteiger partial charge in [-0.2, -0.15) is 0 Å². The highest BCUT2D eigenvalue weighted by molar-refractivity contribution is 6.31. The predicted molar refractivity (Wildman–Crippen MR) is 87.0 cm³/mol. The van der Waals surface area contributed by atoms with Crippen molar-refractivity contribution in [2.45, 2.75) is 40.2 Å². The molecule has 1 aromatic rings. The van der Waals surface area contributed by atoms with Crippen molar-refractivity contribution in [1.82, 2.24) is 10.3 Å². The minimum absolute atomic E-state index is 0.511. The van der Waals surface area contributed by atoms with Gasteiger partial charge < -0.3 is 14.8 Å². The summed E-state index contributed by atoms with van der Waals surface area (Å²) >= 11 is 6.15. The number of aromatic nitrogens is 1. The topological polar surface area (TPSA) is 43.4 Å². The second-order valence-electron chi connectivity index (χ2n) is 5.42. The zero-order chi connectivity index (χ0) is 15.5. The highest BCUT2D eigenvalue weighted by atomic mass is 35.5. The average molecular weight is 315 g/mol. The molecular formula is C16H27ClN2O2. The summed E-state index contributed by atoms with van der Waals surface area (Å²) in [6, 6.07) is 3.62. The number of nitrogens with zero attached hydrogens (tertiary/aromatic N) is 1. The highest BCUT2D eigenvalue weighted by Gasteiger charge is 2.05. The molecule has 1 rings (SSSR count). The van der Waals surface area contributed by atoms with Crippen LogP contribution in [-0.4, -0.2) is 31.3 Å². The molecule has 0 aromatic carbocycles. The maximum atomic E-state index is 6.15. The summed E-state index contributed by atoms with van der Waals surface area (Å²) < 4.78 is 11.0. The molecule has 0 aliphatic heterocycles. The van der Waals surface area contributed by atoms with Crippen LogP contribution in [-0.2, 0) is 11.3 Å². The van der Waals surface area contributed by atoms with Crippen molar-refractivity contribution < 1.29 is 9.47 Å². The standard InChI is InChI=1S/C16H27ClN2O2/c1-4-5-8-20-9-10-21-16-7-6-14(17)15(19-16)12-18-11-13(2)3/h6-7,13,18H,4-5,8-12H2,1-3H3. The minimum atomic E-state index is 0.511. The number of nitrogens with one attached hydrogen (secondary N) is 1. The highest BCUT2D eigenvalue weighted by Crippen LogP contribution is 2.18. The molecule has 21 heavy (non-hydrogen) atoms. The molecular weight excluding hydrogens is 288 g/mol. The summed E-state index contributed by atoms with van der Waals surface area (Å²) in [5.74, 6) is 1.20. The summed E-state index contributed by atoms with van der Waals surface area (Å²) in [7, 11) is 0. The molecule has 0 saturated carbocycles. The second-order valence-corrected chi connectivity index (χ2v) is 5.82. The Kier molecular flexibility index (Phi) is 9.39. The fraction of sp³-hybridized carbons (Fsp3) is 0.688. The second kappa shape index (κ2) is 10.8. The largest absolute Gasteiger partial charge is 0.475 e. The molecule has 1 aromatic heterocycles. The predicted octanol–water partition coefficient (Wildman–Crippen LogP) is 3.68. The Hall–Kier alpha value is -0.840. The number of hydrogen-bond acceptors (Lipinski definition) is 4. The van der Waals surface area contributed by atoms with Crippen molar-refractivity contribution in [3.8, 4) is 5.88 Å². The molecule has 0 atom stereocenters. The van der Waals surface area contributed by atoms with Crippen LogP contribution >= 0.6 is 11.6 Å². The van der Waals surface area contributed by atoms with E-state index in [-0.39, 0.29) is 0 Å². The Bertz CT molecular complexity index is 400. The number of rotatable bonds is 11. The fourth-order valence-electron chi connectivity index (χ4n) is 1.70. The summed E-state index contributed by atoms with van der Waals surface area (Å²) in [6.45, 7) is 9.96. The molecule has 0 aliphatic carbocycles. The smallest absolute Gasteiger partial charge is 0.213 e. The van der Waals surface area contributed by atoms with Crippen LogP contribution in [0, 0.1) is 5.92 Å². The molecule has 5 heteroatoms. The number of pyridine rings is 1. The van der Waals surface area contributed by atoms with E-state index < -0.39 is 0 Å². The van der Waals surface area contributed by atoms with Gasteiger partial charge in [0.15, 0.2) is 0 Å². The molecule has 1 heterocycles. The van der Waals surface area contributed by atoms with Gasteiger partial charge in [-0.05, 0) is 24.9 Å². The van der Waals surface area contributed by atoms with Crippen LogP contribution in [0.1, 0.15) is 39.3 Å². The molecule has 0 fully saturated rings. The van der Waals surface area contributed by atoms with Gasteiger partial charge in [-0.15, -0.1) is 0 Å². The third kappa shape index (κ3) is 8.24. The lowest BCUT2D eigenvalue weighted by molar-refractivity contribution is 0.0964. The van der Waals surface area contributed by atoms with Crippen LogP contribution in [0.25, 0.3) is 0 Å². The van der Waals surface area contributed by atoms with Gasteiger partial charge in [0.2, 0.25) is 5.88 Å². The van der Waals surface area contributed by atoms with Gasteiger partial charge in [0, 0.05) is 19.2 Å². The van der Waals surface area contributed by atoms with Crippen LogP contribution in [0.2, 0.25) is 5.02 Å². The molecule has 4 nitrogen and oxygen atoms in total. The van der Waals surface area contributed by atoms with E-state index in [1.165, 1.54) is 0 Å². The van der Waals surface area contributed by atoms with Crippen LogP contribution in [0.3, 0.4) is 0 Å². The van der Waals surface area contributed by atoms with Crippen molar-refractivity contribution >= 4 is 11.6 Å². The normalized spacial score (nSPS) is 11.1. The number of halogens is 1. The summed E-state index contributed by atoms with van der Waals surface area (Å²) in [4.78, 5) is 4.43. The third-order valence-corrected chi connectivity index (χ3v) is 3.20. The molecule has 0 aliphatic rings. The van der Waals surface area contributed by atoms with E-state index in [0.717, 1.165) is 31.7 Å². The van der Waals surface area contributed by atoms with Crippen LogP contribution < -0.4 is 10.1 Å². The van der Waals surface area contributed by atoms with Crippen LogP contribution in [0.15, 0.2) is 12.1 Å². The zero-order valence-electron chi connectivity index (χ0n) is 13.3. The van der Waals surface area contributed by atoms with E-state index in [0.29, 0.717) is 36.6 Å². The maximum absolute atomic E-state index is 6.15. The Morgan fingerprint density at radius 1 is 1.24 bits per heavy atom.